The molecule has 1 aliphatic carbocycles. The molecular formula is C26H25F2N3O2. The number of esters is 1. The van der Waals surface area contributed by atoms with E-state index >= 15 is 0 Å². The quantitative estimate of drug-likeness (QED) is 0.374. The Hall–Kier alpha value is -3.35. The molecule has 5 rings (SSSR count). The van der Waals surface area contributed by atoms with Crippen LogP contribution < -0.4 is 0 Å². The van der Waals surface area contributed by atoms with Gasteiger partial charge in [0.2, 0.25) is 0 Å². The van der Waals surface area contributed by atoms with Gasteiger partial charge in [-0.15, -0.1) is 0 Å². The van der Waals surface area contributed by atoms with Crippen LogP contribution >= 0.6 is 0 Å². The van der Waals surface area contributed by atoms with Gasteiger partial charge < -0.3 is 9.72 Å². The van der Waals surface area contributed by atoms with Crippen molar-refractivity contribution in [1.29, 1.82) is 0 Å². The zero-order chi connectivity index (χ0) is 23.1. The maximum atomic E-state index is 14.8. The molecule has 0 radical (unpaired) electrons. The third kappa shape index (κ3) is 3.75. The normalized spacial score (nSPS) is 19.6. The van der Waals surface area contributed by atoms with Crippen molar-refractivity contribution in [1.82, 2.24) is 15.0 Å². The second-order valence-electron chi connectivity index (χ2n) is 8.86. The SMILES string of the molecule is COC(=O)c1c(F)ccc2nc([C@@H](C)[C@H]3CC[C@@H](c4c(F)ccc5ncccc54)CC3)[nH]c12. The zero-order valence-electron chi connectivity index (χ0n) is 18.6. The lowest BCUT2D eigenvalue weighted by Crippen LogP contribution is -2.19. The number of ether oxygens (including phenoxy) is 1. The van der Waals surface area contributed by atoms with E-state index in [9.17, 15) is 13.6 Å². The van der Waals surface area contributed by atoms with E-state index < -0.39 is 11.8 Å². The van der Waals surface area contributed by atoms with Crippen LogP contribution in [0.1, 0.15) is 66.2 Å². The van der Waals surface area contributed by atoms with Gasteiger partial charge >= 0.3 is 5.97 Å². The van der Waals surface area contributed by atoms with Crippen molar-refractivity contribution in [3.8, 4) is 0 Å². The second kappa shape index (κ2) is 8.54. The summed E-state index contributed by atoms with van der Waals surface area (Å²) in [5, 5.41) is 0.892. The molecule has 2 aromatic carbocycles. The number of rotatable bonds is 4. The number of fused-ring (bicyclic) bond motifs is 2. The Bertz CT molecular complexity index is 1340. The number of hydrogen-bond donors (Lipinski definition) is 1. The molecule has 33 heavy (non-hydrogen) atoms. The molecule has 1 aliphatic rings. The summed E-state index contributed by atoms with van der Waals surface area (Å²) in [5.41, 5.74) is 2.37. The summed E-state index contributed by atoms with van der Waals surface area (Å²) in [4.78, 5) is 24.3. The first-order valence-corrected chi connectivity index (χ1v) is 11.3. The van der Waals surface area contributed by atoms with Crippen LogP contribution in [0.3, 0.4) is 0 Å². The molecule has 1 N–H and O–H groups in total. The van der Waals surface area contributed by atoms with E-state index in [0.29, 0.717) is 17.0 Å². The molecule has 2 aromatic heterocycles. The number of hydrogen-bond acceptors (Lipinski definition) is 4. The predicted octanol–water partition coefficient (Wildman–Crippen LogP) is 6.25. The molecule has 0 spiro atoms. The van der Waals surface area contributed by atoms with Gasteiger partial charge in [0, 0.05) is 23.1 Å². The number of carbonyl (C=O) groups excluding carboxylic acids is 1. The number of carbonyl (C=O) groups is 1. The van der Waals surface area contributed by atoms with E-state index in [0.717, 1.165) is 48.0 Å². The van der Waals surface area contributed by atoms with Gasteiger partial charge in [0.15, 0.2) is 0 Å². The molecule has 7 heteroatoms. The van der Waals surface area contributed by atoms with E-state index in [4.69, 9.17) is 4.74 Å². The number of methoxy groups -OCH3 is 1. The molecule has 1 fully saturated rings. The van der Waals surface area contributed by atoms with Crippen LogP contribution in [0.5, 0.6) is 0 Å². The number of imidazole rings is 1. The summed E-state index contributed by atoms with van der Waals surface area (Å²) in [5.74, 6) is -0.212. The number of aromatic amines is 1. The minimum absolute atomic E-state index is 0.0888. The van der Waals surface area contributed by atoms with Crippen molar-refractivity contribution in [2.24, 2.45) is 5.92 Å². The van der Waals surface area contributed by atoms with Crippen LogP contribution in [0.15, 0.2) is 42.6 Å². The second-order valence-corrected chi connectivity index (χ2v) is 8.86. The van der Waals surface area contributed by atoms with Crippen LogP contribution in [0, 0.1) is 17.6 Å². The lowest BCUT2D eigenvalue weighted by molar-refractivity contribution is 0.0597. The van der Waals surface area contributed by atoms with Crippen LogP contribution in [-0.2, 0) is 4.74 Å². The molecular weight excluding hydrogens is 424 g/mol. The minimum Gasteiger partial charge on any atom is -0.465 e. The molecule has 170 valence electrons. The molecule has 0 bridgehead atoms. The van der Waals surface area contributed by atoms with Crippen molar-refractivity contribution in [2.45, 2.75) is 44.4 Å². The first-order valence-electron chi connectivity index (χ1n) is 11.3. The highest BCUT2D eigenvalue weighted by Gasteiger charge is 2.31. The Morgan fingerprint density at radius 2 is 1.79 bits per heavy atom. The highest BCUT2D eigenvalue weighted by molar-refractivity contribution is 6.02. The summed E-state index contributed by atoms with van der Waals surface area (Å²) in [6.07, 6.45) is 5.34. The fourth-order valence-corrected chi connectivity index (χ4v) is 5.28. The summed E-state index contributed by atoms with van der Waals surface area (Å²) >= 11 is 0. The van der Waals surface area contributed by atoms with Gasteiger partial charge in [-0.1, -0.05) is 13.0 Å². The monoisotopic (exact) mass is 449 g/mol. The molecule has 0 unspecified atom stereocenters. The average molecular weight is 450 g/mol. The van der Waals surface area contributed by atoms with E-state index in [1.165, 1.54) is 19.2 Å². The van der Waals surface area contributed by atoms with Gasteiger partial charge in [-0.25, -0.2) is 18.6 Å². The molecule has 0 saturated heterocycles. The molecule has 1 saturated carbocycles. The number of nitrogens with one attached hydrogen (secondary N) is 1. The number of H-pyrrole nitrogens is 1. The third-order valence-electron chi connectivity index (χ3n) is 7.11. The minimum atomic E-state index is -0.729. The van der Waals surface area contributed by atoms with E-state index in [2.05, 4.69) is 21.9 Å². The fraction of sp³-hybridized carbons (Fsp3) is 0.346. The maximum absolute atomic E-state index is 14.8. The average Bonchev–Trinajstić information content (AvgIpc) is 3.27. The van der Waals surface area contributed by atoms with Crippen molar-refractivity contribution in [3.05, 3.63) is 71.2 Å². The number of benzene rings is 2. The fourth-order valence-electron chi connectivity index (χ4n) is 5.28. The molecule has 2 heterocycles. The number of nitrogens with zero attached hydrogens (tertiary/aromatic N) is 2. The van der Waals surface area contributed by atoms with Gasteiger partial charge in [0.1, 0.15) is 23.0 Å². The third-order valence-corrected chi connectivity index (χ3v) is 7.11. The standard InChI is InChI=1S/C26H25F2N3O2/c1-14(25-30-21-12-10-19(28)23(24(21)31-25)26(32)33-2)15-5-7-16(8-6-15)22-17-4-3-13-29-20(17)11-9-18(22)27/h3-4,9-16H,5-8H2,1-2H3,(H,30,31)/t14-,15-,16+/m0/s1. The summed E-state index contributed by atoms with van der Waals surface area (Å²) < 4.78 is 33.8. The van der Waals surface area contributed by atoms with Gasteiger partial charge in [-0.3, -0.25) is 4.98 Å². The van der Waals surface area contributed by atoms with Crippen molar-refractivity contribution in [2.75, 3.05) is 7.11 Å². The summed E-state index contributed by atoms with van der Waals surface area (Å²) in [6.45, 7) is 2.10. The molecule has 0 amide bonds. The zero-order valence-corrected chi connectivity index (χ0v) is 18.6. The van der Waals surface area contributed by atoms with Crippen LogP contribution in [0.4, 0.5) is 8.78 Å². The maximum Gasteiger partial charge on any atom is 0.343 e. The van der Waals surface area contributed by atoms with Crippen molar-refractivity contribution < 1.29 is 18.3 Å². The topological polar surface area (TPSA) is 67.9 Å². The lowest BCUT2D eigenvalue weighted by Gasteiger charge is -2.32. The van der Waals surface area contributed by atoms with E-state index in [-0.39, 0.29) is 23.2 Å². The van der Waals surface area contributed by atoms with Gasteiger partial charge in [-0.2, -0.15) is 0 Å². The molecule has 5 nitrogen and oxygen atoms in total. The largest absolute Gasteiger partial charge is 0.465 e. The van der Waals surface area contributed by atoms with Gasteiger partial charge in [0.05, 0.1) is 23.7 Å². The summed E-state index contributed by atoms with van der Waals surface area (Å²) in [7, 11) is 1.23. The van der Waals surface area contributed by atoms with E-state index in [1.54, 1.807) is 18.3 Å². The number of aromatic nitrogens is 3. The lowest BCUT2D eigenvalue weighted by atomic mass is 9.73. The first kappa shape index (κ1) is 21.5. The molecule has 1 atom stereocenters. The van der Waals surface area contributed by atoms with Crippen molar-refractivity contribution >= 4 is 27.9 Å². The Morgan fingerprint density at radius 1 is 1.06 bits per heavy atom. The Kier molecular flexibility index (Phi) is 5.56. The first-order chi connectivity index (χ1) is 16.0. The van der Waals surface area contributed by atoms with Crippen LogP contribution in [0.25, 0.3) is 21.9 Å². The van der Waals surface area contributed by atoms with Gasteiger partial charge in [-0.05, 0) is 67.9 Å². The van der Waals surface area contributed by atoms with Gasteiger partial charge in [0.25, 0.3) is 0 Å². The summed E-state index contributed by atoms with van der Waals surface area (Å²) in [6, 6.07) is 9.86. The highest BCUT2D eigenvalue weighted by atomic mass is 19.1. The van der Waals surface area contributed by atoms with Crippen LogP contribution in [-0.4, -0.2) is 28.0 Å². The smallest absolute Gasteiger partial charge is 0.343 e. The van der Waals surface area contributed by atoms with E-state index in [1.807, 2.05) is 12.1 Å². The highest BCUT2D eigenvalue weighted by Crippen LogP contribution is 2.43. The number of halogens is 2. The Morgan fingerprint density at radius 3 is 2.55 bits per heavy atom. The number of pyridine rings is 1. The van der Waals surface area contributed by atoms with Crippen molar-refractivity contribution in [3.63, 3.8) is 0 Å². The Balaban J connectivity index is 1.38. The Labute approximate surface area is 190 Å². The molecule has 4 aromatic rings. The van der Waals surface area contributed by atoms with Crippen LogP contribution in [0.2, 0.25) is 0 Å². The predicted molar refractivity (Wildman–Crippen MR) is 122 cm³/mol. The molecule has 0 aliphatic heterocycles.